The third-order valence-electron chi connectivity index (χ3n) is 5.34. The monoisotopic (exact) mass is 434 g/mol. The maximum atomic E-state index is 12.8. The van der Waals surface area contributed by atoms with Crippen molar-refractivity contribution in [3.8, 4) is 0 Å². The van der Waals surface area contributed by atoms with Gasteiger partial charge in [-0.1, -0.05) is 36.4 Å². The van der Waals surface area contributed by atoms with Crippen LogP contribution in [-0.2, 0) is 17.9 Å². The lowest BCUT2D eigenvalue weighted by molar-refractivity contribution is -0.127. The maximum Gasteiger partial charge on any atom is 0.252 e. The van der Waals surface area contributed by atoms with E-state index in [1.165, 1.54) is 17.3 Å². The average molecular weight is 435 g/mol. The van der Waals surface area contributed by atoms with Gasteiger partial charge >= 0.3 is 0 Å². The Labute approximate surface area is 186 Å². The number of likely N-dealkylation sites (tertiary alicyclic amines) is 1. The van der Waals surface area contributed by atoms with E-state index in [0.717, 1.165) is 42.9 Å². The first-order valence-electron chi connectivity index (χ1n) is 10.5. The summed E-state index contributed by atoms with van der Waals surface area (Å²) in [6, 6.07) is 15.7. The van der Waals surface area contributed by atoms with Crippen LogP contribution in [0.15, 0.2) is 72.1 Å². The summed E-state index contributed by atoms with van der Waals surface area (Å²) in [6.45, 7) is 2.93. The van der Waals surface area contributed by atoms with Crippen molar-refractivity contribution in [1.29, 1.82) is 0 Å². The van der Waals surface area contributed by atoms with Gasteiger partial charge in [0.2, 0.25) is 5.91 Å². The van der Waals surface area contributed by atoms with Crippen LogP contribution in [0.4, 0.5) is 0 Å². The zero-order chi connectivity index (χ0) is 21.5. The molecule has 1 N–H and O–H groups in total. The van der Waals surface area contributed by atoms with Gasteiger partial charge in [-0.2, -0.15) is 0 Å². The number of benzene rings is 2. The molecule has 0 aliphatic carbocycles. The smallest absolute Gasteiger partial charge is 0.252 e. The Morgan fingerprint density at radius 1 is 1.00 bits per heavy atom. The highest BCUT2D eigenvalue weighted by molar-refractivity contribution is 8.00. The summed E-state index contributed by atoms with van der Waals surface area (Å²) in [5.74, 6) is 0.385. The third-order valence-corrected chi connectivity index (χ3v) is 6.40. The second kappa shape index (κ2) is 10.3. The minimum Gasteiger partial charge on any atom is -0.348 e. The number of amides is 2. The van der Waals surface area contributed by atoms with Gasteiger partial charge in [-0.25, -0.2) is 4.98 Å². The number of imidazole rings is 1. The van der Waals surface area contributed by atoms with E-state index in [2.05, 4.69) is 22.4 Å². The fraction of sp³-hybridized carbons (Fsp3) is 0.292. The summed E-state index contributed by atoms with van der Waals surface area (Å²) in [7, 11) is 0. The van der Waals surface area contributed by atoms with Crippen LogP contribution in [-0.4, -0.2) is 45.1 Å². The van der Waals surface area contributed by atoms with E-state index in [0.29, 0.717) is 17.9 Å². The third kappa shape index (κ3) is 5.76. The van der Waals surface area contributed by atoms with Gasteiger partial charge in [0.1, 0.15) is 0 Å². The highest BCUT2D eigenvalue weighted by atomic mass is 32.2. The van der Waals surface area contributed by atoms with Crippen molar-refractivity contribution in [2.75, 3.05) is 18.8 Å². The van der Waals surface area contributed by atoms with Crippen molar-refractivity contribution in [3.05, 3.63) is 83.9 Å². The molecule has 0 atom stereocenters. The lowest BCUT2D eigenvalue weighted by Gasteiger charge is -2.15. The molecular weight excluding hydrogens is 408 g/mol. The van der Waals surface area contributed by atoms with Crippen LogP contribution in [0.1, 0.15) is 34.3 Å². The molecule has 3 aromatic rings. The first-order chi connectivity index (χ1) is 15.2. The Bertz CT molecular complexity index is 1010. The fourth-order valence-corrected chi connectivity index (χ4v) is 4.56. The van der Waals surface area contributed by atoms with Crippen molar-refractivity contribution in [2.45, 2.75) is 30.8 Å². The quantitative estimate of drug-likeness (QED) is 0.551. The average Bonchev–Trinajstić information content (AvgIpc) is 3.51. The minimum absolute atomic E-state index is 0.126. The van der Waals surface area contributed by atoms with E-state index in [1.807, 2.05) is 52.1 Å². The summed E-state index contributed by atoms with van der Waals surface area (Å²) in [5, 5.41) is 3.00. The predicted molar refractivity (Wildman–Crippen MR) is 122 cm³/mol. The number of carbonyl (C=O) groups is 2. The van der Waals surface area contributed by atoms with Gasteiger partial charge in [0.15, 0.2) is 0 Å². The number of nitrogens with one attached hydrogen (secondary N) is 1. The molecular formula is C24H26N4O2S. The summed E-state index contributed by atoms with van der Waals surface area (Å²) < 4.78 is 2.01. The van der Waals surface area contributed by atoms with Crippen LogP contribution in [0.2, 0.25) is 0 Å². The minimum atomic E-state index is -0.126. The largest absolute Gasteiger partial charge is 0.348 e. The van der Waals surface area contributed by atoms with Crippen molar-refractivity contribution in [3.63, 3.8) is 0 Å². The van der Waals surface area contributed by atoms with Gasteiger partial charge < -0.3 is 14.8 Å². The van der Waals surface area contributed by atoms with E-state index in [1.54, 1.807) is 12.5 Å². The standard InChI is InChI=1S/C24H26N4O2S/c29-23(28-12-3-4-13-28)17-31-22-6-2-1-5-21(22)24(30)26-15-19-7-9-20(10-8-19)16-27-14-11-25-18-27/h1-2,5-11,14,18H,3-4,12-13,15-17H2,(H,26,30). The molecule has 1 aromatic heterocycles. The topological polar surface area (TPSA) is 67.2 Å². The molecule has 2 aromatic carbocycles. The molecule has 31 heavy (non-hydrogen) atoms. The number of carbonyl (C=O) groups excluding carboxylic acids is 2. The molecule has 1 aliphatic rings. The van der Waals surface area contributed by atoms with Gasteiger partial charge in [-0.05, 0) is 36.1 Å². The van der Waals surface area contributed by atoms with Gasteiger partial charge in [-0.3, -0.25) is 9.59 Å². The Hall–Kier alpha value is -3.06. The predicted octanol–water partition coefficient (Wildman–Crippen LogP) is 3.58. The number of rotatable bonds is 8. The van der Waals surface area contributed by atoms with Crippen LogP contribution < -0.4 is 5.32 Å². The molecule has 2 heterocycles. The molecule has 0 spiro atoms. The van der Waals surface area contributed by atoms with E-state index in [4.69, 9.17) is 0 Å². The normalized spacial score (nSPS) is 13.4. The Morgan fingerprint density at radius 2 is 1.74 bits per heavy atom. The van der Waals surface area contributed by atoms with Crippen molar-refractivity contribution in [2.24, 2.45) is 0 Å². The second-order valence-electron chi connectivity index (χ2n) is 7.61. The molecule has 4 rings (SSSR count). The summed E-state index contributed by atoms with van der Waals surface area (Å²) >= 11 is 1.44. The zero-order valence-electron chi connectivity index (χ0n) is 17.4. The van der Waals surface area contributed by atoms with Crippen LogP contribution in [0.5, 0.6) is 0 Å². The van der Waals surface area contributed by atoms with Gasteiger partial charge in [0.25, 0.3) is 5.91 Å². The molecule has 0 radical (unpaired) electrons. The molecule has 0 bridgehead atoms. The number of hydrogen-bond donors (Lipinski definition) is 1. The van der Waals surface area contributed by atoms with Crippen molar-refractivity contribution in [1.82, 2.24) is 19.8 Å². The Balaban J connectivity index is 1.31. The van der Waals surface area contributed by atoms with E-state index < -0.39 is 0 Å². The first kappa shape index (κ1) is 21.2. The van der Waals surface area contributed by atoms with Crippen molar-refractivity contribution < 1.29 is 9.59 Å². The lowest BCUT2D eigenvalue weighted by atomic mass is 10.1. The molecule has 160 valence electrons. The van der Waals surface area contributed by atoms with E-state index in [9.17, 15) is 9.59 Å². The number of nitrogens with zero attached hydrogens (tertiary/aromatic N) is 3. The molecule has 1 aliphatic heterocycles. The van der Waals surface area contributed by atoms with Crippen LogP contribution in [0.3, 0.4) is 0 Å². The molecule has 1 saturated heterocycles. The molecule has 7 heteroatoms. The van der Waals surface area contributed by atoms with Gasteiger partial charge in [0.05, 0.1) is 17.6 Å². The zero-order valence-corrected chi connectivity index (χ0v) is 18.2. The SMILES string of the molecule is O=C(NCc1ccc(Cn2ccnc2)cc1)c1ccccc1SCC(=O)N1CCCC1. The van der Waals surface area contributed by atoms with Crippen LogP contribution in [0, 0.1) is 0 Å². The lowest BCUT2D eigenvalue weighted by Crippen LogP contribution is -2.29. The molecule has 6 nitrogen and oxygen atoms in total. The Kier molecular flexibility index (Phi) is 7.04. The van der Waals surface area contributed by atoms with E-state index >= 15 is 0 Å². The fourth-order valence-electron chi connectivity index (χ4n) is 3.61. The number of aromatic nitrogens is 2. The molecule has 2 amide bonds. The first-order valence-corrected chi connectivity index (χ1v) is 11.5. The van der Waals surface area contributed by atoms with Gasteiger partial charge in [-0.15, -0.1) is 11.8 Å². The second-order valence-corrected chi connectivity index (χ2v) is 8.62. The summed E-state index contributed by atoms with van der Waals surface area (Å²) in [4.78, 5) is 31.9. The van der Waals surface area contributed by atoms with Crippen LogP contribution in [0.25, 0.3) is 0 Å². The number of thioether (sulfide) groups is 1. The number of hydrogen-bond acceptors (Lipinski definition) is 4. The van der Waals surface area contributed by atoms with Crippen molar-refractivity contribution >= 4 is 23.6 Å². The Morgan fingerprint density at radius 3 is 2.48 bits per heavy atom. The molecule has 1 fully saturated rings. The van der Waals surface area contributed by atoms with E-state index in [-0.39, 0.29) is 11.8 Å². The summed E-state index contributed by atoms with van der Waals surface area (Å²) in [5.41, 5.74) is 2.83. The van der Waals surface area contributed by atoms with Crippen LogP contribution >= 0.6 is 11.8 Å². The maximum absolute atomic E-state index is 12.8. The molecule has 0 saturated carbocycles. The highest BCUT2D eigenvalue weighted by Crippen LogP contribution is 2.24. The highest BCUT2D eigenvalue weighted by Gasteiger charge is 2.19. The van der Waals surface area contributed by atoms with Gasteiger partial charge in [0, 0.05) is 43.5 Å². The summed E-state index contributed by atoms with van der Waals surface area (Å²) in [6.07, 6.45) is 7.66. The molecule has 0 unspecified atom stereocenters.